The zero-order valence-corrected chi connectivity index (χ0v) is 15.5. The van der Waals surface area contributed by atoms with Crippen LogP contribution in [0.1, 0.15) is 22.8 Å². The second-order valence-corrected chi connectivity index (χ2v) is 6.75. The second-order valence-electron chi connectivity index (χ2n) is 6.75. The number of halogens is 1. The molecule has 0 saturated carbocycles. The van der Waals surface area contributed by atoms with E-state index < -0.39 is 52.8 Å². The number of phenolic OH excluding ortho intramolecular Hbond substituents is 1. The van der Waals surface area contributed by atoms with E-state index in [0.29, 0.717) is 4.90 Å². The number of phenols is 1. The Morgan fingerprint density at radius 3 is 2.54 bits per heavy atom. The number of likely N-dealkylation sites (N-methyl/N-ethyl adjacent to an activating group) is 1. The maximum atomic E-state index is 14.1. The van der Waals surface area contributed by atoms with Gasteiger partial charge < -0.3 is 41.2 Å². The van der Waals surface area contributed by atoms with E-state index >= 15 is 0 Å². The van der Waals surface area contributed by atoms with Crippen LogP contribution < -0.4 is 16.5 Å². The summed E-state index contributed by atoms with van der Waals surface area (Å²) >= 11 is 0. The Bertz CT molecular complexity index is 863. The van der Waals surface area contributed by atoms with Gasteiger partial charge in [0.05, 0.1) is 5.56 Å². The fourth-order valence-electron chi connectivity index (χ4n) is 3.14. The first kappa shape index (κ1) is 21.7. The lowest BCUT2D eigenvalue weighted by molar-refractivity contribution is -0.243. The van der Waals surface area contributed by atoms with Gasteiger partial charge in [-0.05, 0) is 12.4 Å². The number of carbonyl (C=O) groups excluding carboxylic acids is 3. The van der Waals surface area contributed by atoms with Crippen molar-refractivity contribution in [3.63, 3.8) is 0 Å². The molecule has 150 valence electrons. The molecule has 2 rings (SSSR count). The van der Waals surface area contributed by atoms with E-state index in [2.05, 4.69) is 5.32 Å². The molecule has 10 nitrogen and oxygen atoms in total. The first-order valence-corrected chi connectivity index (χ1v) is 8.35. The van der Waals surface area contributed by atoms with Crippen molar-refractivity contribution in [3.05, 3.63) is 16.9 Å². The summed E-state index contributed by atoms with van der Waals surface area (Å²) in [6.45, 7) is 1.06. The molecule has 0 fully saturated rings. The van der Waals surface area contributed by atoms with Gasteiger partial charge >= 0.3 is 0 Å². The summed E-state index contributed by atoms with van der Waals surface area (Å²) in [6.07, 6.45) is 0.0423. The fraction of sp³-hybridized carbons (Fsp3) is 0.400. The van der Waals surface area contributed by atoms with Crippen molar-refractivity contribution in [3.8, 4) is 5.75 Å². The van der Waals surface area contributed by atoms with Crippen molar-refractivity contribution in [2.75, 3.05) is 12.3 Å². The standard InChI is InChI=1S/C15H20B2FN3O7/c1-2-20-13(25)15(27,28)14(17,26)6(4-22)21-3-5-7(12(21)24)11(23)9(18)8(16)10(5)19/h4,6,23,26-28H,2-3,16-17,19H2,1H3,(H,20,25). The topological polar surface area (TPSA) is 173 Å². The van der Waals surface area contributed by atoms with Crippen molar-refractivity contribution < 1.29 is 39.2 Å². The highest BCUT2D eigenvalue weighted by Gasteiger charge is 2.58. The number of hydrogen-bond acceptors (Lipinski definition) is 8. The zero-order chi connectivity index (χ0) is 21.6. The number of amides is 2. The van der Waals surface area contributed by atoms with Gasteiger partial charge in [0.2, 0.25) is 0 Å². The van der Waals surface area contributed by atoms with Gasteiger partial charge in [0.25, 0.3) is 17.6 Å². The van der Waals surface area contributed by atoms with E-state index in [-0.39, 0.29) is 29.5 Å². The van der Waals surface area contributed by atoms with Crippen LogP contribution in [0.3, 0.4) is 0 Å². The molecular weight excluding hydrogens is 375 g/mol. The smallest absolute Gasteiger partial charge is 0.282 e. The Hall–Kier alpha value is -2.63. The predicted octanol–water partition coefficient (Wildman–Crippen LogP) is -4.97. The molecular formula is C15H20B2FN3O7. The van der Waals surface area contributed by atoms with Crippen LogP contribution in [0.2, 0.25) is 0 Å². The summed E-state index contributed by atoms with van der Waals surface area (Å²) in [6, 6.07) is -1.94. The van der Waals surface area contributed by atoms with Gasteiger partial charge in [0.15, 0.2) is 19.4 Å². The molecule has 28 heavy (non-hydrogen) atoms. The van der Waals surface area contributed by atoms with E-state index in [1.807, 2.05) is 0 Å². The molecule has 2 atom stereocenters. The highest BCUT2D eigenvalue weighted by Crippen LogP contribution is 2.38. The van der Waals surface area contributed by atoms with Crippen molar-refractivity contribution in [2.45, 2.75) is 30.8 Å². The second kappa shape index (κ2) is 7.08. The van der Waals surface area contributed by atoms with Gasteiger partial charge in [-0.2, -0.15) is 0 Å². The highest BCUT2D eigenvalue weighted by atomic mass is 19.1. The Balaban J connectivity index is 2.53. The minimum absolute atomic E-state index is 0.000580. The van der Waals surface area contributed by atoms with Gasteiger partial charge in [-0.1, -0.05) is 0 Å². The van der Waals surface area contributed by atoms with Crippen LogP contribution in [0.15, 0.2) is 0 Å². The molecule has 1 aliphatic heterocycles. The summed E-state index contributed by atoms with van der Waals surface area (Å²) < 4.78 is 14.1. The van der Waals surface area contributed by atoms with Gasteiger partial charge in [0.1, 0.15) is 25.7 Å². The Labute approximate surface area is 160 Å². The maximum Gasteiger partial charge on any atom is 0.282 e. The number of nitrogens with two attached hydrogens (primary N) is 1. The van der Waals surface area contributed by atoms with Crippen LogP contribution in [-0.2, 0) is 16.1 Å². The largest absolute Gasteiger partial charge is 0.504 e. The molecule has 0 aromatic heterocycles. The Morgan fingerprint density at radius 1 is 1.46 bits per heavy atom. The molecule has 13 heteroatoms. The fourth-order valence-corrected chi connectivity index (χ4v) is 3.14. The number of carbonyl (C=O) groups is 3. The molecule has 2 unspecified atom stereocenters. The van der Waals surface area contributed by atoms with Crippen LogP contribution >= 0.6 is 0 Å². The molecule has 0 spiro atoms. The van der Waals surface area contributed by atoms with E-state index in [4.69, 9.17) is 5.73 Å². The quantitative estimate of drug-likeness (QED) is 0.0914. The molecule has 1 aromatic rings. The number of fused-ring (bicyclic) bond motifs is 1. The van der Waals surface area contributed by atoms with E-state index in [1.54, 1.807) is 0 Å². The Kier molecular flexibility index (Phi) is 5.48. The molecule has 7 N–H and O–H groups in total. The average molecular weight is 395 g/mol. The van der Waals surface area contributed by atoms with Crippen molar-refractivity contribution >= 4 is 44.9 Å². The number of rotatable bonds is 6. The van der Waals surface area contributed by atoms with E-state index in [9.17, 15) is 39.2 Å². The lowest BCUT2D eigenvalue weighted by atomic mass is 9.68. The molecule has 0 bridgehead atoms. The number of anilines is 1. The van der Waals surface area contributed by atoms with Crippen LogP contribution in [-0.4, -0.2) is 83.0 Å². The average Bonchev–Trinajstić information content (AvgIpc) is 2.96. The molecule has 1 heterocycles. The first-order chi connectivity index (χ1) is 12.8. The lowest BCUT2D eigenvalue weighted by Crippen LogP contribution is -2.71. The monoisotopic (exact) mass is 395 g/mol. The minimum Gasteiger partial charge on any atom is -0.504 e. The van der Waals surface area contributed by atoms with Gasteiger partial charge in [0, 0.05) is 24.3 Å². The Morgan fingerprint density at radius 2 is 2.04 bits per heavy atom. The first-order valence-electron chi connectivity index (χ1n) is 8.35. The molecule has 0 saturated heterocycles. The molecule has 0 aliphatic carbocycles. The molecule has 2 amide bonds. The maximum absolute atomic E-state index is 14.1. The lowest BCUT2D eigenvalue weighted by Gasteiger charge is -2.42. The minimum atomic E-state index is -3.45. The summed E-state index contributed by atoms with van der Waals surface area (Å²) in [5.41, 5.74) is 2.23. The van der Waals surface area contributed by atoms with Crippen LogP contribution in [0.5, 0.6) is 5.75 Å². The van der Waals surface area contributed by atoms with Crippen molar-refractivity contribution in [1.29, 1.82) is 0 Å². The summed E-state index contributed by atoms with van der Waals surface area (Å²) in [5, 5.41) is 43.1. The van der Waals surface area contributed by atoms with Crippen molar-refractivity contribution in [2.24, 2.45) is 0 Å². The highest BCUT2D eigenvalue weighted by molar-refractivity contribution is 6.36. The van der Waals surface area contributed by atoms with Crippen molar-refractivity contribution in [1.82, 2.24) is 10.2 Å². The molecule has 0 radical (unpaired) electrons. The third-order valence-electron chi connectivity index (χ3n) is 5.01. The predicted molar refractivity (Wildman–Crippen MR) is 99.7 cm³/mol. The number of hydrogen-bond donors (Lipinski definition) is 6. The number of aliphatic hydroxyl groups is 3. The number of aldehydes is 1. The number of aromatic hydroxyl groups is 1. The normalized spacial score (nSPS) is 17.0. The molecule has 1 aromatic carbocycles. The third kappa shape index (κ3) is 2.91. The van der Waals surface area contributed by atoms with E-state index in [0.717, 1.165) is 7.85 Å². The number of benzene rings is 1. The van der Waals surface area contributed by atoms with Crippen LogP contribution in [0.4, 0.5) is 10.1 Å². The number of nitrogens with one attached hydrogen (secondary N) is 1. The van der Waals surface area contributed by atoms with E-state index in [1.165, 1.54) is 14.8 Å². The summed E-state index contributed by atoms with van der Waals surface area (Å²) in [4.78, 5) is 37.0. The number of nitrogen functional groups attached to an aromatic ring is 1. The van der Waals surface area contributed by atoms with Crippen LogP contribution in [0.25, 0.3) is 0 Å². The van der Waals surface area contributed by atoms with Crippen LogP contribution in [0, 0.1) is 5.82 Å². The summed E-state index contributed by atoms with van der Waals surface area (Å²) in [7, 11) is 2.07. The van der Waals surface area contributed by atoms with Gasteiger partial charge in [-0.3, -0.25) is 9.59 Å². The van der Waals surface area contributed by atoms with Gasteiger partial charge in [-0.25, -0.2) is 4.39 Å². The molecule has 1 aliphatic rings. The van der Waals surface area contributed by atoms with Gasteiger partial charge in [-0.15, -0.1) is 0 Å². The zero-order valence-electron chi connectivity index (χ0n) is 15.5. The SMILES string of the molecule is Bc1c(N)c2c(c(O)c1F)C(=O)N(C(C=O)C(B)(O)C(O)(O)C(=O)NCC)C2. The number of nitrogens with zero attached hydrogens (tertiary/aromatic N) is 1. The third-order valence-corrected chi connectivity index (χ3v) is 5.01. The summed E-state index contributed by atoms with van der Waals surface area (Å²) in [5.74, 6) is -7.98.